The quantitative estimate of drug-likeness (QED) is 0.217. The first-order valence-electron chi connectivity index (χ1n) is 9.44. The number of rotatable bonds is 4. The van der Waals surface area contributed by atoms with Crippen molar-refractivity contribution in [3.8, 4) is 11.8 Å². The highest BCUT2D eigenvalue weighted by Gasteiger charge is 2.28. The number of hydrogen-bond acceptors (Lipinski definition) is 6. The molecule has 4 rings (SSSR count). The van der Waals surface area contributed by atoms with Crippen LogP contribution in [0.15, 0.2) is 36.4 Å². The van der Waals surface area contributed by atoms with Gasteiger partial charge in [0.1, 0.15) is 17.4 Å². The SMILES string of the molecule is N#C/C(=C(/O)c1cc(F)c(F)c(F)c1F)c1nnc(N2CCOCC2)n1-c1ccccc1. The fourth-order valence-electron chi connectivity index (χ4n) is 3.31. The van der Waals surface area contributed by atoms with Crippen molar-refractivity contribution < 1.29 is 27.4 Å². The third-order valence-corrected chi connectivity index (χ3v) is 4.88. The number of hydrogen-bond donors (Lipinski definition) is 1. The summed E-state index contributed by atoms with van der Waals surface area (Å²) in [6.07, 6.45) is 0. The van der Waals surface area contributed by atoms with Gasteiger partial charge in [-0.1, -0.05) is 18.2 Å². The standard InChI is InChI=1S/C21H15F4N5O2/c22-15-10-13(16(23)18(25)17(15)24)19(31)14(11-26)20-27-28-21(29-6-8-32-9-7-29)30(20)12-4-2-1-3-5-12/h1-5,10,31H,6-9H2/b19-14-. The zero-order valence-electron chi connectivity index (χ0n) is 16.4. The molecule has 2 heterocycles. The number of halogens is 4. The van der Waals surface area contributed by atoms with Gasteiger partial charge in [0.15, 0.2) is 29.1 Å². The van der Waals surface area contributed by atoms with Crippen molar-refractivity contribution in [2.24, 2.45) is 0 Å². The third kappa shape index (κ3) is 3.65. The monoisotopic (exact) mass is 445 g/mol. The average molecular weight is 445 g/mol. The lowest BCUT2D eigenvalue weighted by molar-refractivity contribution is 0.122. The minimum absolute atomic E-state index is 0.192. The Labute approximate surface area is 179 Å². The van der Waals surface area contributed by atoms with Crippen LogP contribution in [-0.4, -0.2) is 46.2 Å². The summed E-state index contributed by atoms with van der Waals surface area (Å²) in [5, 5.41) is 28.4. The van der Waals surface area contributed by atoms with Gasteiger partial charge < -0.3 is 14.7 Å². The number of anilines is 1. The Morgan fingerprint density at radius 3 is 2.34 bits per heavy atom. The molecule has 1 N–H and O–H groups in total. The van der Waals surface area contributed by atoms with Gasteiger partial charge in [0, 0.05) is 13.1 Å². The zero-order valence-corrected chi connectivity index (χ0v) is 16.4. The molecule has 11 heteroatoms. The van der Waals surface area contributed by atoms with E-state index >= 15 is 0 Å². The van der Waals surface area contributed by atoms with Crippen molar-refractivity contribution >= 4 is 17.3 Å². The number of benzene rings is 2. The topological polar surface area (TPSA) is 87.2 Å². The number of nitrogens with zero attached hydrogens (tertiary/aromatic N) is 5. The summed E-state index contributed by atoms with van der Waals surface area (Å²) in [6.45, 7) is 1.82. The second kappa shape index (κ2) is 8.68. The summed E-state index contributed by atoms with van der Waals surface area (Å²) in [7, 11) is 0. The van der Waals surface area contributed by atoms with E-state index < -0.39 is 40.2 Å². The zero-order chi connectivity index (χ0) is 22.8. The number of morpholine rings is 1. The Hall–Kier alpha value is -3.91. The number of ether oxygens (including phenoxy) is 1. The Kier molecular flexibility index (Phi) is 5.79. The summed E-state index contributed by atoms with van der Waals surface area (Å²) >= 11 is 0. The van der Waals surface area contributed by atoms with Gasteiger partial charge in [-0.2, -0.15) is 5.26 Å². The van der Waals surface area contributed by atoms with Crippen LogP contribution in [0.4, 0.5) is 23.5 Å². The van der Waals surface area contributed by atoms with Gasteiger partial charge in [-0.3, -0.25) is 4.57 Å². The lowest BCUT2D eigenvalue weighted by Crippen LogP contribution is -2.38. The molecule has 0 unspecified atom stereocenters. The smallest absolute Gasteiger partial charge is 0.232 e. The maximum atomic E-state index is 14.3. The number of aliphatic hydroxyl groups excluding tert-OH is 1. The minimum atomic E-state index is -2.11. The van der Waals surface area contributed by atoms with E-state index in [1.54, 1.807) is 36.4 Å². The molecule has 1 saturated heterocycles. The van der Waals surface area contributed by atoms with Crippen molar-refractivity contribution in [1.29, 1.82) is 5.26 Å². The highest BCUT2D eigenvalue weighted by atomic mass is 19.2. The molecule has 1 aliphatic heterocycles. The average Bonchev–Trinajstić information content (AvgIpc) is 3.26. The van der Waals surface area contributed by atoms with Gasteiger partial charge in [-0.15, -0.1) is 10.2 Å². The number of para-hydroxylation sites is 1. The van der Waals surface area contributed by atoms with E-state index in [2.05, 4.69) is 10.2 Å². The van der Waals surface area contributed by atoms with Crippen LogP contribution in [0.3, 0.4) is 0 Å². The third-order valence-electron chi connectivity index (χ3n) is 4.88. The molecule has 7 nitrogen and oxygen atoms in total. The van der Waals surface area contributed by atoms with Crippen LogP contribution < -0.4 is 4.90 Å². The molecule has 0 saturated carbocycles. The number of allylic oxidation sites excluding steroid dienone is 1. The van der Waals surface area contributed by atoms with Crippen LogP contribution >= 0.6 is 0 Å². The maximum Gasteiger partial charge on any atom is 0.232 e. The molecule has 0 radical (unpaired) electrons. The summed E-state index contributed by atoms with van der Waals surface area (Å²) < 4.78 is 61.8. The summed E-state index contributed by atoms with van der Waals surface area (Å²) in [6, 6.07) is 10.6. The van der Waals surface area contributed by atoms with Crippen molar-refractivity contribution in [2.75, 3.05) is 31.2 Å². The summed E-state index contributed by atoms with van der Waals surface area (Å²) in [5.74, 6) is -8.67. The molecular weight excluding hydrogens is 430 g/mol. The van der Waals surface area contributed by atoms with E-state index in [1.807, 2.05) is 4.90 Å². The molecule has 0 amide bonds. The summed E-state index contributed by atoms with van der Waals surface area (Å²) in [4.78, 5) is 1.84. The van der Waals surface area contributed by atoms with E-state index in [4.69, 9.17) is 4.74 Å². The molecule has 0 bridgehead atoms. The molecule has 164 valence electrons. The highest BCUT2D eigenvalue weighted by Crippen LogP contribution is 2.31. The van der Waals surface area contributed by atoms with Crippen LogP contribution in [0.25, 0.3) is 17.0 Å². The molecule has 1 aliphatic rings. The van der Waals surface area contributed by atoms with Gasteiger partial charge >= 0.3 is 0 Å². The molecule has 1 fully saturated rings. The molecule has 2 aromatic carbocycles. The van der Waals surface area contributed by atoms with Crippen LogP contribution in [-0.2, 0) is 4.74 Å². The summed E-state index contributed by atoms with van der Waals surface area (Å²) in [5.41, 5.74) is -1.11. The predicted octanol–water partition coefficient (Wildman–Crippen LogP) is 3.61. The molecule has 1 aromatic heterocycles. The van der Waals surface area contributed by atoms with Gasteiger partial charge in [0.2, 0.25) is 5.95 Å². The van der Waals surface area contributed by atoms with Gasteiger partial charge in [-0.05, 0) is 18.2 Å². The Morgan fingerprint density at radius 2 is 1.69 bits per heavy atom. The Morgan fingerprint density at radius 1 is 1.00 bits per heavy atom. The number of aromatic nitrogens is 3. The van der Waals surface area contributed by atoms with E-state index in [0.29, 0.717) is 37.9 Å². The number of aliphatic hydroxyl groups is 1. The van der Waals surface area contributed by atoms with Crippen molar-refractivity contribution in [3.05, 3.63) is 71.1 Å². The number of nitriles is 1. The first-order chi connectivity index (χ1) is 15.4. The molecule has 0 spiro atoms. The van der Waals surface area contributed by atoms with Crippen LogP contribution in [0.5, 0.6) is 0 Å². The normalized spacial score (nSPS) is 14.8. The molecule has 3 aromatic rings. The van der Waals surface area contributed by atoms with Crippen molar-refractivity contribution in [3.63, 3.8) is 0 Å². The highest BCUT2D eigenvalue weighted by molar-refractivity contribution is 5.92. The van der Waals surface area contributed by atoms with Gasteiger partial charge in [-0.25, -0.2) is 17.6 Å². The van der Waals surface area contributed by atoms with Crippen LogP contribution in [0.2, 0.25) is 0 Å². The fraction of sp³-hybridized carbons (Fsp3) is 0.190. The molecule has 32 heavy (non-hydrogen) atoms. The Bertz CT molecular complexity index is 1230. The second-order valence-corrected chi connectivity index (χ2v) is 6.78. The van der Waals surface area contributed by atoms with Crippen LogP contribution in [0.1, 0.15) is 11.4 Å². The lowest BCUT2D eigenvalue weighted by atomic mass is 10.1. The predicted molar refractivity (Wildman–Crippen MR) is 106 cm³/mol. The Balaban J connectivity index is 1.94. The fourth-order valence-corrected chi connectivity index (χ4v) is 3.31. The van der Waals surface area contributed by atoms with E-state index in [-0.39, 0.29) is 11.9 Å². The molecular formula is C21H15F4N5O2. The van der Waals surface area contributed by atoms with Crippen LogP contribution in [0, 0.1) is 34.6 Å². The first kappa shape index (κ1) is 21.3. The van der Waals surface area contributed by atoms with E-state index in [0.717, 1.165) is 0 Å². The molecule has 0 aliphatic carbocycles. The minimum Gasteiger partial charge on any atom is -0.506 e. The van der Waals surface area contributed by atoms with Gasteiger partial charge in [0.25, 0.3) is 0 Å². The van der Waals surface area contributed by atoms with Crippen molar-refractivity contribution in [1.82, 2.24) is 14.8 Å². The molecule has 0 atom stereocenters. The maximum absolute atomic E-state index is 14.3. The lowest BCUT2D eigenvalue weighted by Gasteiger charge is -2.28. The first-order valence-corrected chi connectivity index (χ1v) is 9.44. The van der Waals surface area contributed by atoms with Crippen molar-refractivity contribution in [2.45, 2.75) is 0 Å². The van der Waals surface area contributed by atoms with E-state index in [1.165, 1.54) is 4.57 Å². The second-order valence-electron chi connectivity index (χ2n) is 6.78. The van der Waals surface area contributed by atoms with E-state index in [9.17, 15) is 27.9 Å². The van der Waals surface area contributed by atoms with Gasteiger partial charge in [0.05, 0.1) is 24.5 Å². The largest absolute Gasteiger partial charge is 0.506 e.